The summed E-state index contributed by atoms with van der Waals surface area (Å²) in [6.45, 7) is 1.35. The maximum atomic E-state index is 13.6. The first-order chi connectivity index (χ1) is 18.7. The Hall–Kier alpha value is -4.17. The van der Waals surface area contributed by atoms with Gasteiger partial charge in [0.05, 0.1) is 25.7 Å². The molecule has 1 aliphatic carbocycles. The molecule has 1 N–H and O–H groups in total. The quantitative estimate of drug-likeness (QED) is 0.322. The zero-order valence-electron chi connectivity index (χ0n) is 22.2. The third-order valence-corrected chi connectivity index (χ3v) is 7.02. The molecule has 0 saturated heterocycles. The predicted octanol–water partition coefficient (Wildman–Crippen LogP) is 4.23. The van der Waals surface area contributed by atoms with Crippen molar-refractivity contribution in [1.29, 1.82) is 0 Å². The minimum absolute atomic E-state index is 0.0258. The molecule has 0 radical (unpaired) electrons. The van der Waals surface area contributed by atoms with E-state index in [9.17, 15) is 19.5 Å². The van der Waals surface area contributed by atoms with E-state index in [4.69, 9.17) is 18.9 Å². The fourth-order valence-electron chi connectivity index (χ4n) is 5.11. The Bertz CT molecular complexity index is 1300. The van der Waals surface area contributed by atoms with Gasteiger partial charge in [-0.15, -0.1) is 0 Å². The first-order valence-corrected chi connectivity index (χ1v) is 12.6. The fourth-order valence-corrected chi connectivity index (χ4v) is 5.11. The molecule has 0 bridgehead atoms. The van der Waals surface area contributed by atoms with Crippen LogP contribution in [0.25, 0.3) is 0 Å². The number of ether oxygens (including phenoxy) is 4. The molecule has 1 aliphatic rings. The third-order valence-electron chi connectivity index (χ3n) is 7.02. The molecule has 0 heterocycles. The highest BCUT2D eigenvalue weighted by atomic mass is 16.5. The summed E-state index contributed by atoms with van der Waals surface area (Å²) in [5.41, 5.74) is 0.171. The van der Waals surface area contributed by atoms with Crippen LogP contribution in [0.15, 0.2) is 78.9 Å². The number of ketones is 1. The van der Waals surface area contributed by atoms with Gasteiger partial charge in [0.2, 0.25) is 0 Å². The summed E-state index contributed by atoms with van der Waals surface area (Å²) in [4.78, 5) is 40.5. The van der Waals surface area contributed by atoms with Crippen molar-refractivity contribution in [2.45, 2.75) is 38.1 Å². The third kappa shape index (κ3) is 6.29. The van der Waals surface area contributed by atoms with Crippen LogP contribution in [0.3, 0.4) is 0 Å². The van der Waals surface area contributed by atoms with Crippen molar-refractivity contribution in [3.05, 3.63) is 95.6 Å². The molecule has 0 unspecified atom stereocenters. The topological polar surface area (TPSA) is 108 Å². The summed E-state index contributed by atoms with van der Waals surface area (Å²) in [5, 5.41) is 11.4. The molecular formula is C31H32O8. The van der Waals surface area contributed by atoms with E-state index >= 15 is 0 Å². The number of carbonyl (C=O) groups is 3. The number of carbonyl (C=O) groups excluding carboxylic acids is 3. The predicted molar refractivity (Wildman–Crippen MR) is 142 cm³/mol. The van der Waals surface area contributed by atoms with Gasteiger partial charge in [-0.1, -0.05) is 66.7 Å². The number of hydrogen-bond donors (Lipinski definition) is 1. The van der Waals surface area contributed by atoms with E-state index in [1.807, 2.05) is 48.5 Å². The van der Waals surface area contributed by atoms with Crippen molar-refractivity contribution in [1.82, 2.24) is 0 Å². The second-order valence-electron chi connectivity index (χ2n) is 9.78. The molecule has 4 rings (SSSR count). The number of aliphatic hydroxyl groups is 1. The fraction of sp³-hybridized carbons (Fsp3) is 0.323. The van der Waals surface area contributed by atoms with E-state index in [1.165, 1.54) is 21.1 Å². The van der Waals surface area contributed by atoms with E-state index < -0.39 is 47.5 Å². The average Bonchev–Trinajstić information content (AvgIpc) is 2.94. The van der Waals surface area contributed by atoms with Crippen LogP contribution in [-0.2, 0) is 37.1 Å². The van der Waals surface area contributed by atoms with Crippen LogP contribution in [0.1, 0.15) is 36.0 Å². The van der Waals surface area contributed by atoms with Crippen molar-refractivity contribution >= 4 is 17.7 Å². The van der Waals surface area contributed by atoms with Gasteiger partial charge in [-0.25, -0.2) is 0 Å². The smallest absolute Gasteiger partial charge is 0.317 e. The number of esters is 2. The van der Waals surface area contributed by atoms with E-state index in [0.717, 1.165) is 11.1 Å². The van der Waals surface area contributed by atoms with E-state index in [2.05, 4.69) is 0 Å². The van der Waals surface area contributed by atoms with Crippen molar-refractivity contribution in [2.75, 3.05) is 14.2 Å². The number of methoxy groups -OCH3 is 2. The molecule has 1 fully saturated rings. The van der Waals surface area contributed by atoms with Gasteiger partial charge < -0.3 is 24.1 Å². The zero-order valence-corrected chi connectivity index (χ0v) is 22.2. The van der Waals surface area contributed by atoms with Crippen LogP contribution in [0.4, 0.5) is 0 Å². The molecule has 0 aromatic heterocycles. The van der Waals surface area contributed by atoms with Gasteiger partial charge >= 0.3 is 11.9 Å². The van der Waals surface area contributed by atoms with Crippen LogP contribution in [0.5, 0.6) is 11.5 Å². The molecule has 3 aromatic carbocycles. The number of benzene rings is 3. The summed E-state index contributed by atoms with van der Waals surface area (Å²) in [6, 6.07) is 23.1. The lowest BCUT2D eigenvalue weighted by atomic mass is 9.61. The molecule has 204 valence electrons. The van der Waals surface area contributed by atoms with Gasteiger partial charge in [0.15, 0.2) is 17.3 Å². The second-order valence-corrected chi connectivity index (χ2v) is 9.78. The van der Waals surface area contributed by atoms with Gasteiger partial charge in [-0.3, -0.25) is 14.4 Å². The Labute approximate surface area is 227 Å². The molecule has 0 amide bonds. The highest BCUT2D eigenvalue weighted by molar-refractivity contribution is 6.02. The molecule has 3 aromatic rings. The van der Waals surface area contributed by atoms with Crippen molar-refractivity contribution in [3.63, 3.8) is 0 Å². The SMILES string of the molecule is COc1ccc([C@H]2[C@@H](C(=O)OCc3ccccc3)C(=O)C[C@@](C)(O)[C@@H]2C(=O)OCc2ccccc2)cc1OC. The minimum atomic E-state index is -1.78. The molecule has 8 nitrogen and oxygen atoms in total. The first kappa shape index (κ1) is 27.9. The first-order valence-electron chi connectivity index (χ1n) is 12.6. The van der Waals surface area contributed by atoms with Crippen molar-refractivity contribution in [3.8, 4) is 11.5 Å². The van der Waals surface area contributed by atoms with Crippen LogP contribution in [0, 0.1) is 11.8 Å². The Kier molecular flexibility index (Phi) is 8.66. The van der Waals surface area contributed by atoms with E-state index in [0.29, 0.717) is 17.1 Å². The normalized spacial score (nSPS) is 22.6. The Balaban J connectivity index is 1.72. The molecule has 8 heteroatoms. The second kappa shape index (κ2) is 12.1. The Morgan fingerprint density at radius 3 is 1.90 bits per heavy atom. The van der Waals surface area contributed by atoms with Crippen LogP contribution >= 0.6 is 0 Å². The number of hydrogen-bond acceptors (Lipinski definition) is 8. The van der Waals surface area contributed by atoms with Crippen LogP contribution in [0.2, 0.25) is 0 Å². The van der Waals surface area contributed by atoms with E-state index in [-0.39, 0.29) is 13.2 Å². The van der Waals surface area contributed by atoms with Crippen molar-refractivity contribution in [2.24, 2.45) is 11.8 Å². The summed E-state index contributed by atoms with van der Waals surface area (Å²) in [6.07, 6.45) is -0.410. The monoisotopic (exact) mass is 532 g/mol. The summed E-state index contributed by atoms with van der Waals surface area (Å²) < 4.78 is 22.0. The molecule has 0 spiro atoms. The van der Waals surface area contributed by atoms with Crippen LogP contribution in [-0.4, -0.2) is 42.6 Å². The van der Waals surface area contributed by atoms with E-state index in [1.54, 1.807) is 30.3 Å². The van der Waals surface area contributed by atoms with Gasteiger partial charge in [-0.05, 0) is 35.7 Å². The molecule has 4 atom stereocenters. The molecular weight excluding hydrogens is 500 g/mol. The zero-order chi connectivity index (χ0) is 28.0. The molecule has 0 aliphatic heterocycles. The molecule has 1 saturated carbocycles. The summed E-state index contributed by atoms with van der Waals surface area (Å²) >= 11 is 0. The van der Waals surface area contributed by atoms with Gasteiger partial charge in [0.1, 0.15) is 19.1 Å². The number of Topliss-reactive ketones (excluding diaryl/α,β-unsaturated/α-hetero) is 1. The van der Waals surface area contributed by atoms with Crippen molar-refractivity contribution < 1.29 is 38.4 Å². The summed E-state index contributed by atoms with van der Waals surface area (Å²) in [5.74, 6) is -4.91. The van der Waals surface area contributed by atoms with Gasteiger partial charge in [-0.2, -0.15) is 0 Å². The Morgan fingerprint density at radius 1 is 0.821 bits per heavy atom. The number of rotatable bonds is 9. The minimum Gasteiger partial charge on any atom is -0.493 e. The van der Waals surface area contributed by atoms with Gasteiger partial charge in [0.25, 0.3) is 0 Å². The average molecular weight is 533 g/mol. The lowest BCUT2D eigenvalue weighted by Crippen LogP contribution is -2.55. The highest BCUT2D eigenvalue weighted by Gasteiger charge is 2.57. The van der Waals surface area contributed by atoms with Crippen LogP contribution < -0.4 is 9.47 Å². The molecule has 39 heavy (non-hydrogen) atoms. The maximum absolute atomic E-state index is 13.6. The lowest BCUT2D eigenvalue weighted by Gasteiger charge is -2.43. The van der Waals surface area contributed by atoms with Gasteiger partial charge in [0, 0.05) is 12.3 Å². The largest absolute Gasteiger partial charge is 0.493 e. The highest BCUT2D eigenvalue weighted by Crippen LogP contribution is 2.48. The Morgan fingerprint density at radius 2 is 1.36 bits per heavy atom. The lowest BCUT2D eigenvalue weighted by molar-refractivity contribution is -0.174. The maximum Gasteiger partial charge on any atom is 0.317 e. The standard InChI is InChI=1S/C31H32O8/c1-31(35)17-23(32)27(29(33)38-18-20-10-6-4-7-11-20)26(22-14-15-24(36-2)25(16-22)37-3)28(31)30(34)39-19-21-12-8-5-9-13-21/h4-16,26-28,35H,17-19H2,1-3H3/t26-,27-,28-,31+/m0/s1. The summed E-state index contributed by atoms with van der Waals surface area (Å²) in [7, 11) is 2.95.